The predicted octanol–water partition coefficient (Wildman–Crippen LogP) is 3.21. The number of pyridine rings is 1. The van der Waals surface area contributed by atoms with Gasteiger partial charge in [-0.1, -0.05) is 18.2 Å². The van der Waals surface area contributed by atoms with Crippen LogP contribution in [0.5, 0.6) is 5.75 Å². The van der Waals surface area contributed by atoms with Crippen LogP contribution in [-0.4, -0.2) is 18.0 Å². The molecule has 0 unspecified atom stereocenters. The van der Waals surface area contributed by atoms with Crippen LogP contribution < -0.4 is 10.1 Å². The molecular weight excluding hydrogens is 304 g/mol. The highest BCUT2D eigenvalue weighted by molar-refractivity contribution is 5.78. The number of ether oxygens (including phenoxy) is 1. The quantitative estimate of drug-likeness (QED) is 0.757. The van der Waals surface area contributed by atoms with E-state index in [1.807, 2.05) is 48.5 Å². The molecule has 5 heteroatoms. The van der Waals surface area contributed by atoms with Crippen LogP contribution in [0.3, 0.4) is 0 Å². The number of nitrogens with zero attached hydrogens (tertiary/aromatic N) is 1. The highest BCUT2D eigenvalue weighted by Crippen LogP contribution is 2.21. The number of rotatable bonds is 6. The van der Waals surface area contributed by atoms with Gasteiger partial charge in [0.1, 0.15) is 11.4 Å². The lowest BCUT2D eigenvalue weighted by atomic mass is 10.1. The molecular formula is C19H18N2O3. The maximum absolute atomic E-state index is 12.2. The van der Waals surface area contributed by atoms with E-state index in [0.29, 0.717) is 18.7 Å². The third-order valence-electron chi connectivity index (χ3n) is 3.65. The lowest BCUT2D eigenvalue weighted by Gasteiger charge is -2.09. The molecule has 0 saturated carbocycles. The topological polar surface area (TPSA) is 64.4 Å². The van der Waals surface area contributed by atoms with E-state index < -0.39 is 0 Å². The van der Waals surface area contributed by atoms with Crippen molar-refractivity contribution in [3.63, 3.8) is 0 Å². The van der Waals surface area contributed by atoms with Crippen LogP contribution in [0.25, 0.3) is 11.5 Å². The van der Waals surface area contributed by atoms with Crippen LogP contribution in [0.1, 0.15) is 11.1 Å². The number of nitrogens with one attached hydrogen (secondary N) is 1. The molecule has 2 aromatic heterocycles. The number of hydrogen-bond donors (Lipinski definition) is 1. The lowest BCUT2D eigenvalue weighted by molar-refractivity contribution is -0.120. The first-order valence-electron chi connectivity index (χ1n) is 7.63. The first kappa shape index (κ1) is 15.8. The first-order valence-corrected chi connectivity index (χ1v) is 7.63. The minimum atomic E-state index is -0.0468. The molecule has 122 valence electrons. The van der Waals surface area contributed by atoms with E-state index in [1.54, 1.807) is 19.6 Å². The molecule has 1 aromatic carbocycles. The van der Waals surface area contributed by atoms with E-state index in [9.17, 15) is 4.79 Å². The van der Waals surface area contributed by atoms with Crippen molar-refractivity contribution < 1.29 is 13.9 Å². The van der Waals surface area contributed by atoms with E-state index in [0.717, 1.165) is 22.6 Å². The van der Waals surface area contributed by atoms with E-state index in [1.165, 1.54) is 0 Å². The van der Waals surface area contributed by atoms with Crippen molar-refractivity contribution in [2.45, 2.75) is 13.0 Å². The summed E-state index contributed by atoms with van der Waals surface area (Å²) in [5.41, 5.74) is 2.59. The van der Waals surface area contributed by atoms with E-state index >= 15 is 0 Å². The van der Waals surface area contributed by atoms with Gasteiger partial charge < -0.3 is 14.5 Å². The maximum Gasteiger partial charge on any atom is 0.224 e. The fourth-order valence-corrected chi connectivity index (χ4v) is 2.40. The second-order valence-electron chi connectivity index (χ2n) is 5.29. The highest BCUT2D eigenvalue weighted by Gasteiger charge is 2.10. The van der Waals surface area contributed by atoms with Gasteiger partial charge >= 0.3 is 0 Å². The van der Waals surface area contributed by atoms with Gasteiger partial charge in [0.2, 0.25) is 5.91 Å². The highest BCUT2D eigenvalue weighted by atomic mass is 16.5. The summed E-state index contributed by atoms with van der Waals surface area (Å²) < 4.78 is 10.5. The number of furan rings is 1. The zero-order valence-electron chi connectivity index (χ0n) is 13.4. The van der Waals surface area contributed by atoms with Crippen molar-refractivity contribution in [1.29, 1.82) is 0 Å². The van der Waals surface area contributed by atoms with Crippen LogP contribution in [-0.2, 0) is 17.8 Å². The monoisotopic (exact) mass is 322 g/mol. The van der Waals surface area contributed by atoms with Crippen molar-refractivity contribution >= 4 is 5.91 Å². The van der Waals surface area contributed by atoms with Gasteiger partial charge in [-0.05, 0) is 35.9 Å². The Labute approximate surface area is 140 Å². The third-order valence-corrected chi connectivity index (χ3v) is 3.65. The summed E-state index contributed by atoms with van der Waals surface area (Å²) in [7, 11) is 1.62. The van der Waals surface area contributed by atoms with Crippen molar-refractivity contribution in [1.82, 2.24) is 10.3 Å². The number of hydrogen-bond acceptors (Lipinski definition) is 4. The second kappa shape index (κ2) is 7.46. The fraction of sp³-hybridized carbons (Fsp3) is 0.158. The Bertz CT molecular complexity index is 796. The van der Waals surface area contributed by atoms with Crippen molar-refractivity contribution in [2.75, 3.05) is 7.11 Å². The zero-order valence-corrected chi connectivity index (χ0v) is 13.4. The van der Waals surface area contributed by atoms with Gasteiger partial charge in [-0.2, -0.15) is 0 Å². The van der Waals surface area contributed by atoms with Crippen LogP contribution in [0, 0.1) is 0 Å². The van der Waals surface area contributed by atoms with E-state index in [-0.39, 0.29) is 5.91 Å². The summed E-state index contributed by atoms with van der Waals surface area (Å²) in [5.74, 6) is 1.42. The normalized spacial score (nSPS) is 10.4. The molecule has 0 radical (unpaired) electrons. The van der Waals surface area contributed by atoms with Crippen molar-refractivity contribution in [3.05, 3.63) is 72.1 Å². The van der Waals surface area contributed by atoms with Crippen molar-refractivity contribution in [2.24, 2.45) is 0 Å². The molecule has 0 saturated heterocycles. The molecule has 0 spiro atoms. The number of carbonyl (C=O) groups is 1. The molecule has 3 rings (SSSR count). The SMILES string of the molecule is COc1ccc(CC(=O)NCc2cccnc2-c2ccco2)cc1. The summed E-state index contributed by atoms with van der Waals surface area (Å²) in [6.07, 6.45) is 3.64. The summed E-state index contributed by atoms with van der Waals surface area (Å²) >= 11 is 0. The zero-order chi connectivity index (χ0) is 16.8. The van der Waals surface area contributed by atoms with Gasteiger partial charge in [0.15, 0.2) is 5.76 Å². The minimum Gasteiger partial charge on any atom is -0.497 e. The lowest BCUT2D eigenvalue weighted by Crippen LogP contribution is -2.24. The van der Waals surface area contributed by atoms with Crippen LogP contribution in [0.2, 0.25) is 0 Å². The van der Waals surface area contributed by atoms with Crippen LogP contribution >= 0.6 is 0 Å². The van der Waals surface area contributed by atoms with E-state index in [4.69, 9.17) is 9.15 Å². The Kier molecular flexibility index (Phi) is 4.91. The predicted molar refractivity (Wildman–Crippen MR) is 90.5 cm³/mol. The molecule has 24 heavy (non-hydrogen) atoms. The molecule has 1 N–H and O–H groups in total. The van der Waals surface area contributed by atoms with Gasteiger partial charge in [-0.25, -0.2) is 0 Å². The van der Waals surface area contributed by atoms with Gasteiger partial charge in [0.25, 0.3) is 0 Å². The molecule has 0 bridgehead atoms. The molecule has 0 fully saturated rings. The Morgan fingerprint density at radius 2 is 2.00 bits per heavy atom. The Morgan fingerprint density at radius 3 is 2.71 bits per heavy atom. The number of benzene rings is 1. The van der Waals surface area contributed by atoms with Crippen LogP contribution in [0.4, 0.5) is 0 Å². The Morgan fingerprint density at radius 1 is 1.17 bits per heavy atom. The number of carbonyl (C=O) groups excluding carboxylic acids is 1. The fourth-order valence-electron chi connectivity index (χ4n) is 2.40. The molecule has 3 aromatic rings. The Hall–Kier alpha value is -3.08. The molecule has 0 aliphatic heterocycles. The van der Waals surface area contributed by atoms with Crippen LogP contribution in [0.15, 0.2) is 65.4 Å². The Balaban J connectivity index is 1.62. The molecule has 1 amide bonds. The smallest absolute Gasteiger partial charge is 0.224 e. The minimum absolute atomic E-state index is 0.0468. The number of methoxy groups -OCH3 is 1. The van der Waals surface area contributed by atoms with Crippen molar-refractivity contribution in [3.8, 4) is 17.2 Å². The van der Waals surface area contributed by atoms with E-state index in [2.05, 4.69) is 10.3 Å². The number of aromatic nitrogens is 1. The summed E-state index contributed by atoms with van der Waals surface area (Å²) in [5, 5.41) is 2.93. The summed E-state index contributed by atoms with van der Waals surface area (Å²) in [6, 6.07) is 14.9. The largest absolute Gasteiger partial charge is 0.497 e. The first-order chi connectivity index (χ1) is 11.8. The summed E-state index contributed by atoms with van der Waals surface area (Å²) in [6.45, 7) is 0.402. The average Bonchev–Trinajstić information content (AvgIpc) is 3.15. The molecule has 5 nitrogen and oxygen atoms in total. The molecule has 0 aliphatic carbocycles. The van der Waals surface area contributed by atoms with Gasteiger partial charge in [0, 0.05) is 18.3 Å². The average molecular weight is 322 g/mol. The van der Waals surface area contributed by atoms with Gasteiger partial charge in [-0.3, -0.25) is 9.78 Å². The van der Waals surface area contributed by atoms with Gasteiger partial charge in [-0.15, -0.1) is 0 Å². The maximum atomic E-state index is 12.2. The van der Waals surface area contributed by atoms with Gasteiger partial charge in [0.05, 0.1) is 19.8 Å². The molecule has 0 aliphatic rings. The summed E-state index contributed by atoms with van der Waals surface area (Å²) in [4.78, 5) is 16.5. The molecule has 0 atom stereocenters. The third kappa shape index (κ3) is 3.81. The second-order valence-corrected chi connectivity index (χ2v) is 5.29. The molecule has 2 heterocycles. The number of amides is 1. The standard InChI is InChI=1S/C19H18N2O3/c1-23-16-8-6-14(7-9-16)12-18(22)21-13-15-4-2-10-20-19(15)17-5-3-11-24-17/h2-11H,12-13H2,1H3,(H,21,22).